The van der Waals surface area contributed by atoms with Crippen LogP contribution >= 0.6 is 11.8 Å². The molecule has 0 unspecified atom stereocenters. The minimum atomic E-state index is -0.0459. The summed E-state index contributed by atoms with van der Waals surface area (Å²) in [6.07, 6.45) is 7.01. The number of para-hydroxylation sites is 3. The molecule has 0 N–H and O–H groups in total. The molecule has 0 radical (unpaired) electrons. The van der Waals surface area contributed by atoms with Gasteiger partial charge in [0.15, 0.2) is 0 Å². The van der Waals surface area contributed by atoms with Crippen molar-refractivity contribution < 1.29 is 4.42 Å². The molecule has 4 heteroatoms. The molecule has 2 nitrogen and oxygen atoms in total. The maximum atomic E-state index is 6.47. The van der Waals surface area contributed by atoms with Gasteiger partial charge in [-0.2, -0.15) is 0 Å². The van der Waals surface area contributed by atoms with E-state index in [0.717, 1.165) is 29.6 Å². The standard InChI is InChI=1S/C41H30BNOS/c1-41(2)31-18-8-6-15-30(31)38-40(41)42-32-23-22-25(27-16-10-17-29-28-14-7-9-20-34(28)44-39(27)29)24-36(32)45-35-21-11-19-33(37(35)42)43(38)26-12-4-3-5-13-26/h3-7,9-17,19-24H,8,18H2,1-2H3. The van der Waals surface area contributed by atoms with Crippen LogP contribution in [0.25, 0.3) is 33.1 Å². The first kappa shape index (κ1) is 25.6. The van der Waals surface area contributed by atoms with Crippen molar-refractivity contribution in [3.63, 3.8) is 0 Å². The van der Waals surface area contributed by atoms with Crippen LogP contribution in [0.3, 0.4) is 0 Å². The largest absolute Gasteiger partial charge is 0.455 e. The number of hydrogen-bond donors (Lipinski definition) is 0. The van der Waals surface area contributed by atoms with E-state index in [-0.39, 0.29) is 12.1 Å². The molecule has 6 aromatic rings. The van der Waals surface area contributed by atoms with Crippen molar-refractivity contribution in [2.45, 2.75) is 36.5 Å². The van der Waals surface area contributed by atoms with E-state index in [1.54, 1.807) is 5.57 Å². The number of fused-ring (bicyclic) bond motifs is 7. The van der Waals surface area contributed by atoms with Crippen molar-refractivity contribution in [2.24, 2.45) is 5.41 Å². The van der Waals surface area contributed by atoms with Gasteiger partial charge in [-0.15, -0.1) is 0 Å². The highest BCUT2D eigenvalue weighted by atomic mass is 32.2. The smallest absolute Gasteiger partial charge is 0.246 e. The maximum Gasteiger partial charge on any atom is 0.246 e. The van der Waals surface area contributed by atoms with Gasteiger partial charge in [-0.25, -0.2) is 0 Å². The van der Waals surface area contributed by atoms with Crippen LogP contribution < -0.4 is 15.8 Å². The Morgan fingerprint density at radius 2 is 1.62 bits per heavy atom. The second-order valence-corrected chi connectivity index (χ2v) is 14.2. The Balaban J connectivity index is 1.21. The first-order chi connectivity index (χ1) is 22.1. The Bertz CT molecular complexity index is 2340. The molecule has 3 heterocycles. The lowest BCUT2D eigenvalue weighted by atomic mass is 9.31. The summed E-state index contributed by atoms with van der Waals surface area (Å²) in [4.78, 5) is 5.26. The molecule has 2 aliphatic heterocycles. The SMILES string of the molecule is CC1(C)C2=C(C=CCC2)C2=C1B1c3ccc(-c4cccc5c4oc4ccccc45)cc3Sc3cccc(c31)N2c1ccccc1. The molecule has 0 amide bonds. The number of rotatable bonds is 2. The molecule has 0 spiro atoms. The molecule has 2 aliphatic carbocycles. The van der Waals surface area contributed by atoms with Gasteiger partial charge in [0.1, 0.15) is 11.2 Å². The Hall–Kier alpha value is -4.67. The summed E-state index contributed by atoms with van der Waals surface area (Å²) in [5, 5.41) is 2.34. The summed E-state index contributed by atoms with van der Waals surface area (Å²) >= 11 is 1.92. The summed E-state index contributed by atoms with van der Waals surface area (Å²) in [6, 6.07) is 39.9. The lowest BCUT2D eigenvalue weighted by molar-refractivity contribution is 0.544. The van der Waals surface area contributed by atoms with Crippen molar-refractivity contribution in [3.05, 3.63) is 144 Å². The highest BCUT2D eigenvalue weighted by molar-refractivity contribution is 8.00. The topological polar surface area (TPSA) is 16.4 Å². The van der Waals surface area contributed by atoms with E-state index in [0.29, 0.717) is 0 Å². The molecular formula is C41H30BNOS. The third-order valence-electron chi connectivity index (χ3n) is 10.5. The Kier molecular flexibility index (Phi) is 5.23. The minimum Gasteiger partial charge on any atom is -0.455 e. The van der Waals surface area contributed by atoms with Gasteiger partial charge in [0.2, 0.25) is 6.71 Å². The molecule has 0 saturated heterocycles. The summed E-state index contributed by atoms with van der Waals surface area (Å²) in [7, 11) is 0. The van der Waals surface area contributed by atoms with Crippen LogP contribution in [-0.2, 0) is 0 Å². The molecule has 214 valence electrons. The zero-order valence-corrected chi connectivity index (χ0v) is 26.1. The Labute approximate surface area is 267 Å². The molecule has 0 atom stereocenters. The third kappa shape index (κ3) is 3.44. The van der Waals surface area contributed by atoms with Gasteiger partial charge in [0.05, 0.1) is 0 Å². The van der Waals surface area contributed by atoms with Crippen molar-refractivity contribution in [1.82, 2.24) is 0 Å². The summed E-state index contributed by atoms with van der Waals surface area (Å²) in [5.41, 5.74) is 15.5. The minimum absolute atomic E-state index is 0.0459. The van der Waals surface area contributed by atoms with Gasteiger partial charge in [-0.1, -0.05) is 127 Å². The van der Waals surface area contributed by atoms with Crippen LogP contribution in [0.15, 0.2) is 158 Å². The zero-order chi connectivity index (χ0) is 29.9. The molecule has 45 heavy (non-hydrogen) atoms. The fourth-order valence-corrected chi connectivity index (χ4v) is 9.73. The summed E-state index contributed by atoms with van der Waals surface area (Å²) in [6.45, 7) is 5.14. The third-order valence-corrected chi connectivity index (χ3v) is 11.6. The predicted octanol–water partition coefficient (Wildman–Crippen LogP) is 9.96. The highest BCUT2D eigenvalue weighted by Crippen LogP contribution is 2.57. The first-order valence-electron chi connectivity index (χ1n) is 16.0. The van der Waals surface area contributed by atoms with E-state index in [9.17, 15) is 0 Å². The van der Waals surface area contributed by atoms with E-state index >= 15 is 0 Å². The van der Waals surface area contributed by atoms with Crippen LogP contribution in [0.4, 0.5) is 11.4 Å². The van der Waals surface area contributed by atoms with E-state index < -0.39 is 0 Å². The molecule has 0 saturated carbocycles. The normalized spacial score (nSPS) is 17.6. The van der Waals surface area contributed by atoms with Crippen LogP contribution in [0.5, 0.6) is 0 Å². The summed E-state index contributed by atoms with van der Waals surface area (Å²) in [5.74, 6) is 0. The van der Waals surface area contributed by atoms with Crippen LogP contribution in [0.1, 0.15) is 26.7 Å². The van der Waals surface area contributed by atoms with Crippen LogP contribution in [-0.4, -0.2) is 6.71 Å². The molecular weight excluding hydrogens is 565 g/mol. The average Bonchev–Trinajstić information content (AvgIpc) is 3.57. The van der Waals surface area contributed by atoms with E-state index in [2.05, 4.69) is 134 Å². The molecule has 0 fully saturated rings. The lowest BCUT2D eigenvalue weighted by Gasteiger charge is -2.43. The number of allylic oxidation sites excluding steroid dienone is 4. The average molecular weight is 596 g/mol. The second kappa shape index (κ2) is 9.18. The van der Waals surface area contributed by atoms with Crippen molar-refractivity contribution >= 4 is 62.7 Å². The zero-order valence-electron chi connectivity index (χ0n) is 25.3. The Morgan fingerprint density at radius 1 is 0.800 bits per heavy atom. The van der Waals surface area contributed by atoms with Crippen molar-refractivity contribution in [1.29, 1.82) is 0 Å². The van der Waals surface area contributed by atoms with Crippen molar-refractivity contribution in [2.75, 3.05) is 4.90 Å². The van der Waals surface area contributed by atoms with Gasteiger partial charge in [0.25, 0.3) is 0 Å². The van der Waals surface area contributed by atoms with Gasteiger partial charge in [-0.05, 0) is 65.8 Å². The van der Waals surface area contributed by atoms with Gasteiger partial charge in [-0.3, -0.25) is 0 Å². The lowest BCUT2D eigenvalue weighted by Crippen LogP contribution is -2.55. The van der Waals surface area contributed by atoms with Crippen LogP contribution in [0, 0.1) is 5.41 Å². The number of nitrogens with zero attached hydrogens (tertiary/aromatic N) is 1. The molecule has 10 rings (SSSR count). The summed E-state index contributed by atoms with van der Waals surface area (Å²) < 4.78 is 6.47. The molecule has 5 aromatic carbocycles. The first-order valence-corrected chi connectivity index (χ1v) is 16.8. The number of anilines is 2. The maximum absolute atomic E-state index is 6.47. The monoisotopic (exact) mass is 595 g/mol. The molecule has 4 aliphatic rings. The highest BCUT2D eigenvalue weighted by Gasteiger charge is 2.52. The van der Waals surface area contributed by atoms with Gasteiger partial charge in [0, 0.05) is 48.6 Å². The molecule has 1 aromatic heterocycles. The van der Waals surface area contributed by atoms with Crippen molar-refractivity contribution in [3.8, 4) is 11.1 Å². The van der Waals surface area contributed by atoms with Crippen LogP contribution in [0.2, 0.25) is 0 Å². The predicted molar refractivity (Wildman–Crippen MR) is 190 cm³/mol. The number of furan rings is 1. The van der Waals surface area contributed by atoms with E-state index in [1.165, 1.54) is 65.2 Å². The number of hydrogen-bond acceptors (Lipinski definition) is 3. The van der Waals surface area contributed by atoms with Gasteiger partial charge >= 0.3 is 0 Å². The fourth-order valence-electron chi connectivity index (χ4n) is 8.53. The van der Waals surface area contributed by atoms with E-state index in [4.69, 9.17) is 4.42 Å². The second-order valence-electron chi connectivity index (χ2n) is 13.1. The number of benzene rings is 5. The Morgan fingerprint density at radius 3 is 2.53 bits per heavy atom. The quantitative estimate of drug-likeness (QED) is 0.185. The fraction of sp³-hybridized carbons (Fsp3) is 0.122. The van der Waals surface area contributed by atoms with E-state index in [1.807, 2.05) is 17.8 Å². The molecule has 0 bridgehead atoms. The van der Waals surface area contributed by atoms with Gasteiger partial charge < -0.3 is 9.32 Å².